The molecule has 0 aliphatic carbocycles. The summed E-state index contributed by atoms with van der Waals surface area (Å²) in [6, 6.07) is 0. The Bertz CT molecular complexity index is 748. The van der Waals surface area contributed by atoms with Crippen molar-refractivity contribution in [3.8, 4) is 5.75 Å². The third-order valence-electron chi connectivity index (χ3n) is 3.61. The average Bonchev–Trinajstić information content (AvgIpc) is 2.63. The van der Waals surface area contributed by atoms with Gasteiger partial charge in [-0.25, -0.2) is 9.36 Å². The molecule has 1 fully saturated rings. The van der Waals surface area contributed by atoms with E-state index in [1.807, 2.05) is 0 Å². The van der Waals surface area contributed by atoms with Crippen molar-refractivity contribution in [2.75, 3.05) is 6.61 Å². The molecule has 2 heterocycles. The Hall–Kier alpha value is -1.96. The average molecular weight is 425 g/mol. The molecule has 0 saturated carbocycles. The van der Waals surface area contributed by atoms with E-state index in [9.17, 15) is 19.3 Å². The number of aldehydes is 1. The molecule has 14 heteroatoms. The van der Waals surface area contributed by atoms with Crippen molar-refractivity contribution in [2.45, 2.75) is 37.9 Å². The Morgan fingerprint density at radius 1 is 1.29 bits per heavy atom. The van der Waals surface area contributed by atoms with Gasteiger partial charge in [0.1, 0.15) is 18.0 Å². The summed E-state index contributed by atoms with van der Waals surface area (Å²) in [5.74, 6) is -1.35. The van der Waals surface area contributed by atoms with Crippen molar-refractivity contribution in [1.82, 2.24) is 4.98 Å². The van der Waals surface area contributed by atoms with Crippen LogP contribution in [-0.4, -0.2) is 83.6 Å². The number of pyridine rings is 1. The summed E-state index contributed by atoms with van der Waals surface area (Å²) in [7, 11) is -4.61. The van der Waals surface area contributed by atoms with Gasteiger partial charge in [-0.3, -0.25) is 14.3 Å². The van der Waals surface area contributed by atoms with Gasteiger partial charge in [0.15, 0.2) is 18.5 Å². The summed E-state index contributed by atoms with van der Waals surface area (Å²) in [4.78, 5) is 42.1. The highest BCUT2D eigenvalue weighted by Gasteiger charge is 2.43. The number of aliphatic hydroxyl groups is 4. The van der Waals surface area contributed by atoms with Crippen LogP contribution in [0.1, 0.15) is 21.6 Å². The number of phosphoric ester groups is 1. The molecule has 7 N–H and O–H groups in total. The second-order valence-electron chi connectivity index (χ2n) is 5.60. The first-order valence-electron chi connectivity index (χ1n) is 7.61. The van der Waals surface area contributed by atoms with Crippen LogP contribution in [0.25, 0.3) is 0 Å². The number of aryl methyl sites for hydroxylation is 1. The number of ether oxygens (including phenoxy) is 1. The van der Waals surface area contributed by atoms with Gasteiger partial charge in [0, 0.05) is 11.8 Å². The molecule has 4 atom stereocenters. The van der Waals surface area contributed by atoms with Crippen molar-refractivity contribution >= 4 is 20.1 Å². The van der Waals surface area contributed by atoms with Crippen molar-refractivity contribution in [2.24, 2.45) is 0 Å². The summed E-state index contributed by atoms with van der Waals surface area (Å²) < 4.78 is 19.0. The molecule has 1 saturated heterocycles. The fourth-order valence-electron chi connectivity index (χ4n) is 2.03. The van der Waals surface area contributed by atoms with Crippen LogP contribution in [-0.2, 0) is 25.2 Å². The first-order chi connectivity index (χ1) is 12.9. The first-order valence-corrected chi connectivity index (χ1v) is 9.14. The van der Waals surface area contributed by atoms with Gasteiger partial charge >= 0.3 is 13.8 Å². The highest BCUT2D eigenvalue weighted by atomic mass is 31.2. The molecule has 1 aliphatic heterocycles. The molecule has 2 rings (SSSR count). The predicted octanol–water partition coefficient (Wildman–Crippen LogP) is -2.50. The lowest BCUT2D eigenvalue weighted by Crippen LogP contribution is -2.56. The fourth-order valence-corrected chi connectivity index (χ4v) is 2.34. The van der Waals surface area contributed by atoms with Gasteiger partial charge in [0.05, 0.1) is 24.5 Å². The van der Waals surface area contributed by atoms with E-state index in [-0.39, 0.29) is 22.6 Å². The molecule has 0 radical (unpaired) electrons. The topological polar surface area (TPSA) is 224 Å². The number of esters is 1. The Kier molecular flexibility index (Phi) is 8.60. The quantitative estimate of drug-likeness (QED) is 0.147. The van der Waals surface area contributed by atoms with Gasteiger partial charge in [0.2, 0.25) is 0 Å². The molecule has 0 unspecified atom stereocenters. The highest BCUT2D eigenvalue weighted by Crippen LogP contribution is 2.37. The summed E-state index contributed by atoms with van der Waals surface area (Å²) in [6.07, 6.45) is -4.33. The van der Waals surface area contributed by atoms with E-state index in [1.165, 1.54) is 13.1 Å². The summed E-state index contributed by atoms with van der Waals surface area (Å²) in [5.41, 5.74) is 0.282. The van der Waals surface area contributed by atoms with Gasteiger partial charge in [-0.1, -0.05) is 0 Å². The number of cyclic esters (lactones) is 1. The Morgan fingerprint density at radius 3 is 2.39 bits per heavy atom. The molecular formula is C14H20NO12P. The highest BCUT2D eigenvalue weighted by molar-refractivity contribution is 7.46. The monoisotopic (exact) mass is 425 g/mol. The van der Waals surface area contributed by atoms with Crippen LogP contribution in [0.4, 0.5) is 0 Å². The number of aromatic nitrogens is 1. The lowest BCUT2D eigenvalue weighted by Gasteiger charge is -2.32. The van der Waals surface area contributed by atoms with Crippen molar-refractivity contribution in [3.05, 3.63) is 23.0 Å². The van der Waals surface area contributed by atoms with Crippen LogP contribution < -0.4 is 0 Å². The van der Waals surface area contributed by atoms with E-state index in [4.69, 9.17) is 30.2 Å². The summed E-state index contributed by atoms with van der Waals surface area (Å²) in [5, 5.41) is 45.0. The zero-order valence-electron chi connectivity index (χ0n) is 14.4. The number of aromatic hydroxyl groups is 1. The number of carbonyl (C=O) groups excluding carboxylic acids is 2. The number of aliphatic hydroxyl groups excluding tert-OH is 4. The minimum absolute atomic E-state index is 0.0825. The van der Waals surface area contributed by atoms with E-state index < -0.39 is 51.4 Å². The number of nitrogens with zero attached hydrogens (tertiary/aromatic N) is 1. The molecule has 1 aliphatic rings. The zero-order valence-corrected chi connectivity index (χ0v) is 15.3. The molecule has 1 aromatic heterocycles. The maximum Gasteiger partial charge on any atom is 0.469 e. The number of hydrogen-bond donors (Lipinski definition) is 7. The molecule has 158 valence electrons. The molecule has 0 bridgehead atoms. The summed E-state index contributed by atoms with van der Waals surface area (Å²) >= 11 is 0. The minimum atomic E-state index is -4.61. The van der Waals surface area contributed by atoms with Crippen LogP contribution in [0, 0.1) is 6.92 Å². The number of phosphoric acid groups is 1. The lowest BCUT2D eigenvalue weighted by molar-refractivity contribution is -0.206. The largest absolute Gasteiger partial charge is 0.505 e. The van der Waals surface area contributed by atoms with E-state index in [0.717, 1.165) is 0 Å². The third kappa shape index (κ3) is 6.29. The van der Waals surface area contributed by atoms with Gasteiger partial charge in [0.25, 0.3) is 0 Å². The minimum Gasteiger partial charge on any atom is -0.505 e. The smallest absolute Gasteiger partial charge is 0.469 e. The molecule has 0 aromatic carbocycles. The van der Waals surface area contributed by atoms with Gasteiger partial charge in [-0.05, 0) is 6.92 Å². The Morgan fingerprint density at radius 2 is 1.89 bits per heavy atom. The van der Waals surface area contributed by atoms with Crippen LogP contribution in [0.5, 0.6) is 5.75 Å². The van der Waals surface area contributed by atoms with Gasteiger partial charge in [-0.2, -0.15) is 0 Å². The third-order valence-corrected chi connectivity index (χ3v) is 4.07. The number of hydrogen-bond acceptors (Lipinski definition) is 11. The van der Waals surface area contributed by atoms with Crippen LogP contribution in [0.3, 0.4) is 0 Å². The Labute approximate surface area is 158 Å². The standard InChI is InChI=1S/C8H10NO6P.C6H10O6/c1-5-8(11)7(3-10)6(2-9-5)4-15-16(12,13)14;7-1-2-3(8)4(9)5(10)6(11)12-2/h2-3,11H,4H2,1H3,(H2,12,13,14);2-5,7-10H,1H2/t;2-,3-,4+,5-/m.1/s1. The van der Waals surface area contributed by atoms with Crippen molar-refractivity contribution in [1.29, 1.82) is 0 Å². The normalized spacial score (nSPS) is 24.8. The molecule has 13 nitrogen and oxygen atoms in total. The predicted molar refractivity (Wildman–Crippen MR) is 87.8 cm³/mol. The zero-order chi connectivity index (χ0) is 21.6. The summed E-state index contributed by atoms with van der Waals surface area (Å²) in [6.45, 7) is 0.409. The molecule has 0 spiro atoms. The van der Waals surface area contributed by atoms with Gasteiger partial charge in [-0.15, -0.1) is 0 Å². The lowest BCUT2D eigenvalue weighted by atomic mass is 10.0. The van der Waals surface area contributed by atoms with Crippen LogP contribution in [0.2, 0.25) is 0 Å². The van der Waals surface area contributed by atoms with Crippen LogP contribution in [0.15, 0.2) is 6.20 Å². The number of carbonyl (C=O) groups is 2. The first kappa shape index (κ1) is 24.1. The second kappa shape index (κ2) is 10.0. The van der Waals surface area contributed by atoms with E-state index >= 15 is 0 Å². The maximum absolute atomic E-state index is 10.7. The van der Waals surface area contributed by atoms with E-state index in [0.29, 0.717) is 6.29 Å². The maximum atomic E-state index is 10.7. The van der Waals surface area contributed by atoms with Crippen LogP contribution >= 0.6 is 7.82 Å². The van der Waals surface area contributed by atoms with E-state index in [2.05, 4.69) is 14.2 Å². The number of rotatable bonds is 5. The molecular weight excluding hydrogens is 405 g/mol. The van der Waals surface area contributed by atoms with Crippen molar-refractivity contribution in [3.63, 3.8) is 0 Å². The molecule has 1 aromatic rings. The Balaban J connectivity index is 0.000000292. The second-order valence-corrected chi connectivity index (χ2v) is 6.84. The van der Waals surface area contributed by atoms with Gasteiger partial charge < -0.3 is 40.1 Å². The van der Waals surface area contributed by atoms with Crippen molar-refractivity contribution < 1.29 is 58.7 Å². The molecule has 28 heavy (non-hydrogen) atoms. The van der Waals surface area contributed by atoms with E-state index in [1.54, 1.807) is 0 Å². The fraction of sp³-hybridized carbons (Fsp3) is 0.500. The molecule has 0 amide bonds. The SMILES string of the molecule is Cc1ncc(COP(=O)(O)O)c(C=O)c1O.O=C1O[C@H](CO)[C@@H](O)[C@H](O)[C@H]1O.